The number of methoxy groups -OCH3 is 1. The van der Waals surface area contributed by atoms with E-state index in [1.54, 1.807) is 13.2 Å². The molecule has 1 aromatic heterocycles. The number of para-hydroxylation sites is 1. The lowest BCUT2D eigenvalue weighted by Gasteiger charge is -2.45. The highest BCUT2D eigenvalue weighted by Crippen LogP contribution is 2.42. The number of aromatic amines is 1. The third-order valence-electron chi connectivity index (χ3n) is 6.89. The molecule has 2 bridgehead atoms. The van der Waals surface area contributed by atoms with Crippen LogP contribution in [0.3, 0.4) is 0 Å². The topological polar surface area (TPSA) is 74.4 Å². The fourth-order valence-electron chi connectivity index (χ4n) is 5.20. The minimum atomic E-state index is -0.372. The van der Waals surface area contributed by atoms with Gasteiger partial charge in [0.1, 0.15) is 5.56 Å². The van der Waals surface area contributed by atoms with Gasteiger partial charge >= 0.3 is 0 Å². The summed E-state index contributed by atoms with van der Waals surface area (Å²) < 4.78 is 5.28. The fraction of sp³-hybridized carbons (Fsp3) is 0.565. The molecular weight excluding hydrogens is 366 g/mol. The number of ether oxygens (including phenoxy) is 1. The van der Waals surface area contributed by atoms with Crippen molar-refractivity contribution in [3.63, 3.8) is 0 Å². The van der Waals surface area contributed by atoms with Gasteiger partial charge in [0.05, 0.1) is 6.61 Å². The summed E-state index contributed by atoms with van der Waals surface area (Å²) in [6, 6.07) is 10.3. The molecule has 2 unspecified atom stereocenters. The number of hydrogen-bond acceptors (Lipinski definition) is 4. The van der Waals surface area contributed by atoms with Crippen molar-refractivity contribution < 1.29 is 9.53 Å². The molecule has 0 radical (unpaired) electrons. The van der Waals surface area contributed by atoms with Crippen molar-refractivity contribution in [3.8, 4) is 0 Å². The summed E-state index contributed by atoms with van der Waals surface area (Å²) in [5, 5.41) is 4.03. The molecule has 1 aromatic carbocycles. The number of carbonyl (C=O) groups is 1. The summed E-state index contributed by atoms with van der Waals surface area (Å²) in [5.74, 6) is 0.0958. The molecule has 2 N–H and O–H groups in total. The second kappa shape index (κ2) is 7.92. The maximum absolute atomic E-state index is 13.0. The minimum absolute atomic E-state index is 0.178. The minimum Gasteiger partial charge on any atom is -0.383 e. The summed E-state index contributed by atoms with van der Waals surface area (Å²) in [7, 11) is 1.75. The smallest absolute Gasteiger partial charge is 0.261 e. The van der Waals surface area contributed by atoms with Gasteiger partial charge in [-0.3, -0.25) is 14.5 Å². The molecule has 4 rings (SSSR count). The van der Waals surface area contributed by atoms with Gasteiger partial charge in [0, 0.05) is 36.8 Å². The number of aromatic nitrogens is 1. The Bertz CT molecular complexity index is 938. The Morgan fingerprint density at radius 2 is 1.93 bits per heavy atom. The van der Waals surface area contributed by atoms with Gasteiger partial charge in [-0.15, -0.1) is 0 Å². The molecule has 156 valence electrons. The molecular formula is C23H31N3O3. The van der Waals surface area contributed by atoms with Crippen molar-refractivity contribution in [2.75, 3.05) is 20.3 Å². The summed E-state index contributed by atoms with van der Waals surface area (Å²) in [6.07, 6.45) is 4.58. The zero-order valence-corrected chi connectivity index (χ0v) is 17.5. The van der Waals surface area contributed by atoms with Gasteiger partial charge in [-0.25, -0.2) is 0 Å². The molecule has 2 saturated heterocycles. The molecule has 0 aliphatic carbocycles. The normalized spacial score (nSPS) is 24.7. The van der Waals surface area contributed by atoms with Crippen molar-refractivity contribution in [1.29, 1.82) is 0 Å². The monoisotopic (exact) mass is 397 g/mol. The van der Waals surface area contributed by atoms with E-state index in [1.807, 2.05) is 24.3 Å². The average Bonchev–Trinajstić information content (AvgIpc) is 2.91. The molecule has 2 fully saturated rings. The van der Waals surface area contributed by atoms with Crippen LogP contribution in [0.25, 0.3) is 10.9 Å². The van der Waals surface area contributed by atoms with Crippen LogP contribution in [-0.2, 0) is 4.74 Å². The Morgan fingerprint density at radius 1 is 1.24 bits per heavy atom. The maximum atomic E-state index is 13.0. The first-order chi connectivity index (χ1) is 13.9. The molecule has 3 heterocycles. The third-order valence-corrected chi connectivity index (χ3v) is 6.89. The first-order valence-corrected chi connectivity index (χ1v) is 10.6. The van der Waals surface area contributed by atoms with Crippen molar-refractivity contribution in [2.45, 2.75) is 57.2 Å². The van der Waals surface area contributed by atoms with E-state index in [2.05, 4.69) is 29.0 Å². The van der Waals surface area contributed by atoms with Crippen LogP contribution in [0, 0.1) is 5.92 Å². The summed E-state index contributed by atoms with van der Waals surface area (Å²) in [4.78, 5) is 30.9. The predicted octanol–water partition coefficient (Wildman–Crippen LogP) is 2.93. The standard InChI is InChI=1S/C23H31N3O3/c1-23(2,16-13-17-8-9-18(14-16)26(17)10-11-29-3)25-22(28)19-12-15-6-4-5-7-20(15)24-21(19)27/h4-7,12,16-18H,8-11,13-14H2,1-3H3,(H,24,27)(H,25,28). The van der Waals surface area contributed by atoms with Crippen LogP contribution >= 0.6 is 0 Å². The summed E-state index contributed by atoms with van der Waals surface area (Å²) in [5.41, 5.74) is 0.209. The van der Waals surface area contributed by atoms with Gasteiger partial charge < -0.3 is 15.0 Å². The van der Waals surface area contributed by atoms with Crippen molar-refractivity contribution in [3.05, 3.63) is 46.2 Å². The molecule has 6 nitrogen and oxygen atoms in total. The number of nitrogens with zero attached hydrogens (tertiary/aromatic N) is 1. The molecule has 0 saturated carbocycles. The van der Waals surface area contributed by atoms with Crippen LogP contribution in [-0.4, -0.2) is 53.7 Å². The number of piperidine rings is 1. The van der Waals surface area contributed by atoms with Gasteiger partial charge in [-0.1, -0.05) is 18.2 Å². The van der Waals surface area contributed by atoms with E-state index in [0.717, 1.165) is 36.9 Å². The zero-order chi connectivity index (χ0) is 20.6. The predicted molar refractivity (Wildman–Crippen MR) is 114 cm³/mol. The second-order valence-electron chi connectivity index (χ2n) is 9.06. The molecule has 2 aromatic rings. The van der Waals surface area contributed by atoms with E-state index >= 15 is 0 Å². The lowest BCUT2D eigenvalue weighted by molar-refractivity contribution is 0.0421. The van der Waals surface area contributed by atoms with Gasteiger partial charge in [-0.05, 0) is 63.0 Å². The lowest BCUT2D eigenvalue weighted by Crippen LogP contribution is -2.55. The SMILES string of the molecule is COCCN1C2CCC1CC(C(C)(C)NC(=O)c1cc3ccccc3[nH]c1=O)C2. The second-order valence-corrected chi connectivity index (χ2v) is 9.06. The van der Waals surface area contributed by atoms with Crippen LogP contribution in [0.5, 0.6) is 0 Å². The van der Waals surface area contributed by atoms with Crippen LogP contribution in [0.15, 0.2) is 35.1 Å². The highest BCUT2D eigenvalue weighted by molar-refractivity contribution is 5.97. The van der Waals surface area contributed by atoms with Crippen LogP contribution in [0.1, 0.15) is 49.9 Å². The maximum Gasteiger partial charge on any atom is 0.261 e. The molecule has 2 atom stereocenters. The summed E-state index contributed by atoms with van der Waals surface area (Å²) in [6.45, 7) is 5.93. The van der Waals surface area contributed by atoms with E-state index < -0.39 is 0 Å². The van der Waals surface area contributed by atoms with Gasteiger partial charge in [0.2, 0.25) is 0 Å². The molecule has 2 aliphatic heterocycles. The quantitative estimate of drug-likeness (QED) is 0.786. The fourth-order valence-corrected chi connectivity index (χ4v) is 5.20. The largest absolute Gasteiger partial charge is 0.383 e. The first kappa shape index (κ1) is 20.1. The number of amides is 1. The summed E-state index contributed by atoms with van der Waals surface area (Å²) >= 11 is 0. The number of fused-ring (bicyclic) bond motifs is 3. The molecule has 0 spiro atoms. The van der Waals surface area contributed by atoms with Crippen molar-refractivity contribution >= 4 is 16.8 Å². The van der Waals surface area contributed by atoms with Gasteiger partial charge in [0.25, 0.3) is 11.5 Å². The van der Waals surface area contributed by atoms with Crippen molar-refractivity contribution in [1.82, 2.24) is 15.2 Å². The number of pyridine rings is 1. The van der Waals surface area contributed by atoms with E-state index in [4.69, 9.17) is 4.74 Å². The molecule has 6 heteroatoms. The molecule has 29 heavy (non-hydrogen) atoms. The van der Waals surface area contributed by atoms with Crippen LogP contribution in [0.2, 0.25) is 0 Å². The third kappa shape index (κ3) is 3.96. The van der Waals surface area contributed by atoms with Gasteiger partial charge in [-0.2, -0.15) is 0 Å². The van der Waals surface area contributed by atoms with E-state index in [-0.39, 0.29) is 22.6 Å². The average molecular weight is 398 g/mol. The lowest BCUT2D eigenvalue weighted by atomic mass is 9.77. The Labute approximate surface area is 171 Å². The Kier molecular flexibility index (Phi) is 5.49. The number of rotatable bonds is 6. The molecule has 1 amide bonds. The van der Waals surface area contributed by atoms with Crippen molar-refractivity contribution in [2.24, 2.45) is 5.92 Å². The Morgan fingerprint density at radius 3 is 2.62 bits per heavy atom. The van der Waals surface area contributed by atoms with E-state index in [9.17, 15) is 9.59 Å². The number of nitrogens with one attached hydrogen (secondary N) is 2. The number of carbonyl (C=O) groups excluding carboxylic acids is 1. The Balaban J connectivity index is 1.48. The zero-order valence-electron chi connectivity index (χ0n) is 17.5. The highest BCUT2D eigenvalue weighted by Gasteiger charge is 2.45. The highest BCUT2D eigenvalue weighted by atomic mass is 16.5. The van der Waals surface area contributed by atoms with E-state index in [0.29, 0.717) is 18.0 Å². The van der Waals surface area contributed by atoms with Crippen LogP contribution in [0.4, 0.5) is 0 Å². The number of hydrogen-bond donors (Lipinski definition) is 2. The number of benzene rings is 1. The van der Waals surface area contributed by atoms with E-state index in [1.165, 1.54) is 12.8 Å². The first-order valence-electron chi connectivity index (χ1n) is 10.6. The molecule has 2 aliphatic rings. The van der Waals surface area contributed by atoms with Crippen LogP contribution < -0.4 is 10.9 Å². The van der Waals surface area contributed by atoms with Gasteiger partial charge in [0.15, 0.2) is 0 Å². The number of H-pyrrole nitrogens is 1. The Hall–Kier alpha value is -2.18.